The lowest BCUT2D eigenvalue weighted by Gasteiger charge is -2.34. The van der Waals surface area contributed by atoms with Crippen LogP contribution in [0.25, 0.3) is 0 Å². The van der Waals surface area contributed by atoms with Crippen LogP contribution in [0.4, 0.5) is 40.6 Å². The molecule has 3 fully saturated rings. The molecule has 1 amide bonds. The van der Waals surface area contributed by atoms with Crippen molar-refractivity contribution in [2.45, 2.75) is 38.0 Å². The van der Waals surface area contributed by atoms with Gasteiger partial charge in [0.1, 0.15) is 11.6 Å². The number of aliphatic hydroxyl groups is 1. The lowest BCUT2D eigenvalue weighted by molar-refractivity contribution is -0.0221. The highest BCUT2D eigenvalue weighted by atomic mass is 32.2. The van der Waals surface area contributed by atoms with Crippen molar-refractivity contribution in [2.24, 2.45) is 11.3 Å². The Morgan fingerprint density at radius 3 is 2.50 bits per heavy atom. The molecule has 1 aliphatic carbocycles. The molecule has 0 spiro atoms. The van der Waals surface area contributed by atoms with Crippen molar-refractivity contribution < 1.29 is 35.9 Å². The zero-order chi connectivity index (χ0) is 28.7. The van der Waals surface area contributed by atoms with Crippen LogP contribution >= 0.6 is 0 Å². The minimum absolute atomic E-state index is 0.130. The van der Waals surface area contributed by atoms with Gasteiger partial charge in [-0.15, -0.1) is 0 Å². The Balaban J connectivity index is 1.38. The fourth-order valence-electron chi connectivity index (χ4n) is 5.56. The van der Waals surface area contributed by atoms with Crippen molar-refractivity contribution >= 4 is 38.9 Å². The second-order valence-corrected chi connectivity index (χ2v) is 12.5. The van der Waals surface area contributed by atoms with Crippen LogP contribution in [0.3, 0.4) is 0 Å². The number of halogens is 4. The Bertz CT molecular complexity index is 1370. The third-order valence-electron chi connectivity index (χ3n) is 8.01. The van der Waals surface area contributed by atoms with Gasteiger partial charge in [0.05, 0.1) is 29.3 Å². The minimum atomic E-state index is -3.84. The van der Waals surface area contributed by atoms with E-state index >= 15 is 0 Å². The molecule has 2 aromatic rings. The summed E-state index contributed by atoms with van der Waals surface area (Å²) in [5.41, 5.74) is -0.253. The van der Waals surface area contributed by atoms with Crippen LogP contribution < -0.4 is 19.8 Å². The molecule has 14 heteroatoms. The number of fused-ring (bicyclic) bond motifs is 1. The molecule has 0 bridgehead atoms. The molecule has 2 aliphatic heterocycles. The third kappa shape index (κ3) is 5.97. The molecule has 5 rings (SSSR count). The van der Waals surface area contributed by atoms with Gasteiger partial charge >= 0.3 is 0 Å². The molecule has 1 aromatic carbocycles. The Morgan fingerprint density at radius 2 is 1.82 bits per heavy atom. The van der Waals surface area contributed by atoms with Crippen molar-refractivity contribution in [3.63, 3.8) is 0 Å². The fraction of sp³-hybridized carbons (Fsp3) is 0.538. The van der Waals surface area contributed by atoms with Crippen LogP contribution in [-0.2, 0) is 10.0 Å². The standard InChI is InChI=1S/C26H31F4N5O4S/c27-24(28)25-6-9-35(16-17(25)15-25)20-14-18(33-40(38,39)13-12-36)4-5-19(20)23(37)32-21-2-1-3-22(31-21)34-10-7-26(29,30)8-11-34/h1-5,14,17,24,33,36H,6-13,15-16H2,(H,31,32,37)/t17-,25+/m0/s1. The van der Waals surface area contributed by atoms with Crippen LogP contribution in [0.15, 0.2) is 36.4 Å². The van der Waals surface area contributed by atoms with Gasteiger partial charge in [-0.05, 0) is 49.1 Å². The van der Waals surface area contributed by atoms with E-state index in [0.29, 0.717) is 24.5 Å². The maximum absolute atomic E-state index is 13.6. The SMILES string of the molecule is O=C(Nc1cccc(N2CCC(F)(F)CC2)n1)c1ccc(NS(=O)(=O)CCO)cc1N1CC[C@@]2(C(F)F)C[C@H]2C1. The topological polar surface area (TPSA) is 115 Å². The number of benzene rings is 1. The summed E-state index contributed by atoms with van der Waals surface area (Å²) in [6.07, 6.45) is -2.36. The lowest BCUT2D eigenvalue weighted by Crippen LogP contribution is -2.39. The lowest BCUT2D eigenvalue weighted by atomic mass is 9.95. The summed E-state index contributed by atoms with van der Waals surface area (Å²) < 4.78 is 81.2. The Hall–Kier alpha value is -3.13. The van der Waals surface area contributed by atoms with E-state index in [2.05, 4.69) is 15.0 Å². The number of aromatic nitrogens is 1. The van der Waals surface area contributed by atoms with Gasteiger partial charge in [0.25, 0.3) is 11.8 Å². The predicted octanol–water partition coefficient (Wildman–Crippen LogP) is 3.78. The van der Waals surface area contributed by atoms with Gasteiger partial charge in [-0.1, -0.05) is 6.07 Å². The monoisotopic (exact) mass is 585 g/mol. The van der Waals surface area contributed by atoms with Gasteiger partial charge in [-0.2, -0.15) is 0 Å². The van der Waals surface area contributed by atoms with Crippen LogP contribution in [0.1, 0.15) is 36.0 Å². The van der Waals surface area contributed by atoms with Gasteiger partial charge in [-0.3, -0.25) is 9.52 Å². The summed E-state index contributed by atoms with van der Waals surface area (Å²) in [6.45, 7) is 0.251. The number of carbonyl (C=O) groups is 1. The summed E-state index contributed by atoms with van der Waals surface area (Å²) in [5, 5.41) is 11.8. The fourth-order valence-corrected chi connectivity index (χ4v) is 6.39. The Morgan fingerprint density at radius 1 is 1.10 bits per heavy atom. The molecule has 1 aromatic heterocycles. The molecule has 0 unspecified atom stereocenters. The van der Waals surface area contributed by atoms with E-state index in [9.17, 15) is 30.8 Å². The number of nitrogens with zero attached hydrogens (tertiary/aromatic N) is 3. The number of hydrogen-bond donors (Lipinski definition) is 3. The number of hydrogen-bond acceptors (Lipinski definition) is 7. The molecule has 3 heterocycles. The van der Waals surface area contributed by atoms with Crippen molar-refractivity contribution in [2.75, 3.05) is 58.4 Å². The summed E-state index contributed by atoms with van der Waals surface area (Å²) >= 11 is 0. The van der Waals surface area contributed by atoms with Gasteiger partial charge in [0, 0.05) is 44.4 Å². The third-order valence-corrected chi connectivity index (χ3v) is 9.28. The molecule has 9 nitrogen and oxygen atoms in total. The highest BCUT2D eigenvalue weighted by Crippen LogP contribution is 2.61. The molecule has 2 saturated heterocycles. The van der Waals surface area contributed by atoms with Crippen molar-refractivity contribution in [3.05, 3.63) is 42.0 Å². The van der Waals surface area contributed by atoms with Crippen molar-refractivity contribution in [1.82, 2.24) is 4.98 Å². The number of piperidine rings is 2. The second kappa shape index (κ2) is 10.7. The summed E-state index contributed by atoms with van der Waals surface area (Å²) in [5.74, 6) is -3.34. The highest BCUT2D eigenvalue weighted by molar-refractivity contribution is 7.92. The Kier molecular flexibility index (Phi) is 7.59. The van der Waals surface area contributed by atoms with Gasteiger partial charge < -0.3 is 20.2 Å². The zero-order valence-corrected chi connectivity index (χ0v) is 22.4. The molecule has 0 radical (unpaired) electrons. The first-order chi connectivity index (χ1) is 18.9. The van der Waals surface area contributed by atoms with Crippen molar-refractivity contribution in [3.8, 4) is 0 Å². The number of amides is 1. The van der Waals surface area contributed by atoms with Crippen LogP contribution in [0.2, 0.25) is 0 Å². The molecular weight excluding hydrogens is 554 g/mol. The first kappa shape index (κ1) is 28.4. The maximum atomic E-state index is 13.6. The number of aliphatic hydroxyl groups excluding tert-OH is 1. The molecule has 1 saturated carbocycles. The number of anilines is 4. The van der Waals surface area contributed by atoms with Gasteiger partial charge in [-0.25, -0.2) is 31.0 Å². The van der Waals surface area contributed by atoms with Crippen LogP contribution in [0.5, 0.6) is 0 Å². The normalized spacial score (nSPS) is 24.0. The Labute approximate surface area is 229 Å². The number of sulfonamides is 1. The van der Waals surface area contributed by atoms with Gasteiger partial charge in [0.2, 0.25) is 16.4 Å². The van der Waals surface area contributed by atoms with E-state index in [4.69, 9.17) is 5.11 Å². The zero-order valence-electron chi connectivity index (χ0n) is 21.6. The van der Waals surface area contributed by atoms with Crippen LogP contribution in [-0.4, -0.2) is 75.3 Å². The second-order valence-electron chi connectivity index (χ2n) is 10.7. The van der Waals surface area contributed by atoms with E-state index in [1.54, 1.807) is 23.1 Å². The highest BCUT2D eigenvalue weighted by Gasteiger charge is 2.62. The summed E-state index contributed by atoms with van der Waals surface area (Å²) in [4.78, 5) is 21.4. The summed E-state index contributed by atoms with van der Waals surface area (Å²) in [6, 6.07) is 9.25. The number of nitrogens with one attached hydrogen (secondary N) is 2. The minimum Gasteiger partial charge on any atom is -0.395 e. The van der Waals surface area contributed by atoms with E-state index in [0.717, 1.165) is 0 Å². The molecule has 218 valence electrons. The number of carbonyl (C=O) groups excluding carboxylic acids is 1. The van der Waals surface area contributed by atoms with Crippen LogP contribution in [0, 0.1) is 11.3 Å². The number of alkyl halides is 4. The van der Waals surface area contributed by atoms with Gasteiger partial charge in [0.15, 0.2) is 0 Å². The maximum Gasteiger partial charge on any atom is 0.258 e. The first-order valence-electron chi connectivity index (χ1n) is 13.1. The largest absolute Gasteiger partial charge is 0.395 e. The number of rotatable bonds is 9. The quantitative estimate of drug-likeness (QED) is 0.384. The van der Waals surface area contributed by atoms with E-state index in [1.807, 2.05) is 4.90 Å². The molecule has 2 atom stereocenters. The van der Waals surface area contributed by atoms with E-state index in [-0.39, 0.29) is 61.9 Å². The molecule has 3 aliphatic rings. The molecule has 40 heavy (non-hydrogen) atoms. The first-order valence-corrected chi connectivity index (χ1v) is 14.8. The van der Waals surface area contributed by atoms with Crippen molar-refractivity contribution in [1.29, 1.82) is 0 Å². The summed E-state index contributed by atoms with van der Waals surface area (Å²) in [7, 11) is -3.84. The van der Waals surface area contributed by atoms with E-state index < -0.39 is 46.1 Å². The average molecular weight is 586 g/mol. The van der Waals surface area contributed by atoms with E-state index in [1.165, 1.54) is 18.2 Å². The predicted molar refractivity (Wildman–Crippen MR) is 143 cm³/mol. The number of pyridine rings is 1. The average Bonchev–Trinajstić information content (AvgIpc) is 3.64. The smallest absolute Gasteiger partial charge is 0.258 e. The molecular formula is C26H31F4N5O4S. The molecule has 3 N–H and O–H groups in total.